The molecule has 0 amide bonds. The Balaban J connectivity index is 2.59. The summed E-state index contributed by atoms with van der Waals surface area (Å²) >= 11 is 4.68. The average Bonchev–Trinajstić information content (AvgIpc) is 2.19. The average molecular weight is 204 g/mol. The number of aromatic amines is 1. The third-order valence-corrected chi connectivity index (χ3v) is 1.91. The van der Waals surface area contributed by atoms with Gasteiger partial charge in [0.1, 0.15) is 0 Å². The maximum atomic E-state index is 11.4. The Kier molecular flexibility index (Phi) is 2.24. The van der Waals surface area contributed by atoms with E-state index in [2.05, 4.69) is 27.8 Å². The topological polar surface area (TPSA) is 58.6 Å². The molecular weight excluding hydrogens is 198 g/mol. The first-order chi connectivity index (χ1) is 6.77. The van der Waals surface area contributed by atoms with Crippen molar-refractivity contribution in [2.24, 2.45) is 0 Å². The third kappa shape index (κ3) is 1.62. The molecule has 0 saturated carbocycles. The summed E-state index contributed by atoms with van der Waals surface area (Å²) in [5.74, 6) is 0. The molecule has 0 spiro atoms. The van der Waals surface area contributed by atoms with Crippen molar-refractivity contribution >= 4 is 12.6 Å². The van der Waals surface area contributed by atoms with Gasteiger partial charge in [-0.15, -0.1) is 5.10 Å². The highest BCUT2D eigenvalue weighted by atomic mass is 32.1. The predicted octanol–water partition coefficient (Wildman–Crippen LogP) is 0.738. The summed E-state index contributed by atoms with van der Waals surface area (Å²) in [6.07, 6.45) is 0. The minimum Gasteiger partial charge on any atom is -0.740 e. The van der Waals surface area contributed by atoms with Gasteiger partial charge in [0.25, 0.3) is 5.56 Å². The Morgan fingerprint density at radius 3 is 2.50 bits per heavy atom. The van der Waals surface area contributed by atoms with Gasteiger partial charge in [-0.25, -0.2) is 0 Å². The van der Waals surface area contributed by atoms with Crippen molar-refractivity contribution in [3.05, 3.63) is 40.7 Å². The van der Waals surface area contributed by atoms with Gasteiger partial charge >= 0.3 is 0 Å². The molecule has 0 aliphatic heterocycles. The second kappa shape index (κ2) is 3.55. The lowest BCUT2D eigenvalue weighted by atomic mass is 10.2. The molecular formula is C9H6N3OS-. The van der Waals surface area contributed by atoms with E-state index >= 15 is 0 Å². The highest BCUT2D eigenvalue weighted by molar-refractivity contribution is 7.58. The summed E-state index contributed by atoms with van der Waals surface area (Å²) < 4.78 is 0. The molecule has 14 heavy (non-hydrogen) atoms. The van der Waals surface area contributed by atoms with Gasteiger partial charge in [0.15, 0.2) is 5.69 Å². The Hall–Kier alpha value is -1.75. The van der Waals surface area contributed by atoms with Crippen LogP contribution in [0, 0.1) is 0 Å². The number of hydrogen-bond acceptors (Lipinski definition) is 4. The smallest absolute Gasteiger partial charge is 0.276 e. The monoisotopic (exact) mass is 204 g/mol. The van der Waals surface area contributed by atoms with Gasteiger partial charge in [0.05, 0.1) is 0 Å². The van der Waals surface area contributed by atoms with Crippen molar-refractivity contribution in [3.8, 4) is 11.3 Å². The second-order valence-electron chi connectivity index (χ2n) is 2.67. The van der Waals surface area contributed by atoms with Gasteiger partial charge in [-0.3, -0.25) is 4.79 Å². The minimum absolute atomic E-state index is 0.106. The summed E-state index contributed by atoms with van der Waals surface area (Å²) in [5.41, 5.74) is 0.714. The molecule has 2 rings (SSSR count). The lowest BCUT2D eigenvalue weighted by Gasteiger charge is -2.03. The molecule has 0 aliphatic rings. The first-order valence-electron chi connectivity index (χ1n) is 3.97. The van der Waals surface area contributed by atoms with E-state index in [1.54, 1.807) is 12.1 Å². The van der Waals surface area contributed by atoms with E-state index in [9.17, 15) is 4.79 Å². The van der Waals surface area contributed by atoms with E-state index in [1.807, 2.05) is 18.2 Å². The van der Waals surface area contributed by atoms with E-state index in [-0.39, 0.29) is 10.7 Å². The van der Waals surface area contributed by atoms with E-state index < -0.39 is 0 Å². The second-order valence-corrected chi connectivity index (χ2v) is 3.06. The quantitative estimate of drug-likeness (QED) is 0.696. The Morgan fingerprint density at radius 1 is 1.14 bits per heavy atom. The molecule has 0 unspecified atom stereocenters. The van der Waals surface area contributed by atoms with Crippen molar-refractivity contribution in [1.29, 1.82) is 0 Å². The predicted molar refractivity (Wildman–Crippen MR) is 53.7 cm³/mol. The van der Waals surface area contributed by atoms with Crippen molar-refractivity contribution in [1.82, 2.24) is 15.2 Å². The summed E-state index contributed by atoms with van der Waals surface area (Å²) in [6, 6.07) is 9.12. The number of rotatable bonds is 1. The van der Waals surface area contributed by atoms with Gasteiger partial charge < -0.3 is 17.6 Å². The molecule has 5 heteroatoms. The first kappa shape index (κ1) is 8.83. The molecule has 0 bridgehead atoms. The molecule has 0 atom stereocenters. The van der Waals surface area contributed by atoms with E-state index in [1.165, 1.54) is 0 Å². The zero-order valence-corrected chi connectivity index (χ0v) is 7.91. The van der Waals surface area contributed by atoms with Crippen LogP contribution in [0.3, 0.4) is 0 Å². The molecule has 0 aliphatic carbocycles. The van der Waals surface area contributed by atoms with E-state index in [4.69, 9.17) is 0 Å². The summed E-state index contributed by atoms with van der Waals surface area (Å²) in [5, 5.41) is 7.48. The zero-order chi connectivity index (χ0) is 9.97. The molecule has 1 aromatic heterocycles. The SMILES string of the molecule is O=c1[nH]c([S-])nnc1-c1ccccc1. The molecule has 1 N–H and O–H groups in total. The maximum absolute atomic E-state index is 11.4. The number of hydrogen-bond donors (Lipinski definition) is 1. The lowest BCUT2D eigenvalue weighted by Crippen LogP contribution is -2.13. The molecule has 70 valence electrons. The van der Waals surface area contributed by atoms with Crippen LogP contribution in [0.15, 0.2) is 40.3 Å². The molecule has 0 saturated heterocycles. The highest BCUT2D eigenvalue weighted by Gasteiger charge is 2.02. The van der Waals surface area contributed by atoms with Crippen LogP contribution in [-0.4, -0.2) is 15.2 Å². The van der Waals surface area contributed by atoms with Crippen LogP contribution in [0.4, 0.5) is 0 Å². The number of aromatic nitrogens is 3. The van der Waals surface area contributed by atoms with E-state index in [0.717, 1.165) is 5.56 Å². The first-order valence-corrected chi connectivity index (χ1v) is 4.37. The molecule has 2 aromatic rings. The highest BCUT2D eigenvalue weighted by Crippen LogP contribution is 2.09. The Labute approximate surface area is 85.4 Å². The van der Waals surface area contributed by atoms with Crippen LogP contribution in [0.2, 0.25) is 0 Å². The largest absolute Gasteiger partial charge is 0.740 e. The van der Waals surface area contributed by atoms with E-state index in [0.29, 0.717) is 5.69 Å². The fourth-order valence-corrected chi connectivity index (χ4v) is 1.24. The number of benzene rings is 1. The van der Waals surface area contributed by atoms with Crippen LogP contribution < -0.4 is 5.56 Å². The standard InChI is InChI=1S/C9H7N3OS/c13-8-7(11-12-9(14)10-8)6-4-2-1-3-5-6/h1-5H,(H2,10,12,13,14)/p-1. The summed E-state index contributed by atoms with van der Waals surface area (Å²) in [7, 11) is 0. The molecule has 0 fully saturated rings. The van der Waals surface area contributed by atoms with Crippen molar-refractivity contribution in [2.75, 3.05) is 0 Å². The van der Waals surface area contributed by atoms with Gasteiger partial charge in [0.2, 0.25) is 0 Å². The third-order valence-electron chi connectivity index (χ3n) is 1.72. The Morgan fingerprint density at radius 2 is 1.86 bits per heavy atom. The maximum Gasteiger partial charge on any atom is 0.276 e. The zero-order valence-electron chi connectivity index (χ0n) is 7.10. The molecule has 4 nitrogen and oxygen atoms in total. The van der Waals surface area contributed by atoms with Gasteiger partial charge in [0, 0.05) is 10.7 Å². The fraction of sp³-hybridized carbons (Fsp3) is 0. The van der Waals surface area contributed by atoms with Crippen molar-refractivity contribution < 1.29 is 0 Å². The summed E-state index contributed by atoms with van der Waals surface area (Å²) in [4.78, 5) is 13.8. The summed E-state index contributed by atoms with van der Waals surface area (Å²) in [6.45, 7) is 0. The lowest BCUT2D eigenvalue weighted by molar-refractivity contribution is 0.827. The fourth-order valence-electron chi connectivity index (χ4n) is 1.11. The number of nitrogens with one attached hydrogen (secondary N) is 1. The number of nitrogens with zero attached hydrogens (tertiary/aromatic N) is 2. The normalized spacial score (nSPS) is 10.0. The van der Waals surface area contributed by atoms with Gasteiger partial charge in [-0.2, -0.15) is 5.10 Å². The van der Waals surface area contributed by atoms with Crippen LogP contribution in [-0.2, 0) is 12.6 Å². The minimum atomic E-state index is -0.309. The van der Waals surface area contributed by atoms with Crippen LogP contribution >= 0.6 is 0 Å². The molecule has 0 radical (unpaired) electrons. The Bertz CT molecular complexity index is 495. The number of H-pyrrole nitrogens is 1. The molecule has 1 heterocycles. The van der Waals surface area contributed by atoms with Crippen molar-refractivity contribution in [2.45, 2.75) is 5.16 Å². The van der Waals surface area contributed by atoms with Gasteiger partial charge in [-0.1, -0.05) is 30.3 Å². The van der Waals surface area contributed by atoms with Gasteiger partial charge in [-0.05, 0) is 0 Å². The van der Waals surface area contributed by atoms with Crippen LogP contribution in [0.25, 0.3) is 11.3 Å². The van der Waals surface area contributed by atoms with Crippen LogP contribution in [0.1, 0.15) is 0 Å². The van der Waals surface area contributed by atoms with Crippen LogP contribution in [0.5, 0.6) is 0 Å². The molecule has 1 aromatic carbocycles. The van der Waals surface area contributed by atoms with Crippen molar-refractivity contribution in [3.63, 3.8) is 0 Å².